The zero-order valence-corrected chi connectivity index (χ0v) is 15.2. The molecule has 1 aliphatic heterocycles. The maximum Gasteiger partial charge on any atom is 0.234 e. The minimum absolute atomic E-state index is 0.0552. The summed E-state index contributed by atoms with van der Waals surface area (Å²) >= 11 is 0. The van der Waals surface area contributed by atoms with Crippen LogP contribution in [0.4, 0.5) is 4.39 Å². The van der Waals surface area contributed by atoms with Crippen molar-refractivity contribution in [2.24, 2.45) is 0 Å². The van der Waals surface area contributed by atoms with Crippen molar-refractivity contribution in [1.82, 2.24) is 15.1 Å². The lowest BCUT2D eigenvalue weighted by molar-refractivity contribution is -0.122. The van der Waals surface area contributed by atoms with Crippen LogP contribution in [0.1, 0.15) is 16.7 Å². The first kappa shape index (κ1) is 18.5. The van der Waals surface area contributed by atoms with Gasteiger partial charge in [-0.25, -0.2) is 4.39 Å². The third kappa shape index (κ3) is 5.38. The summed E-state index contributed by atoms with van der Waals surface area (Å²) in [6.45, 7) is 7.32. The van der Waals surface area contributed by atoms with E-state index in [0.29, 0.717) is 12.1 Å². The van der Waals surface area contributed by atoms with Gasteiger partial charge in [0.2, 0.25) is 5.91 Å². The summed E-state index contributed by atoms with van der Waals surface area (Å²) in [4.78, 5) is 16.7. The summed E-state index contributed by atoms with van der Waals surface area (Å²) in [5, 5.41) is 2.81. The lowest BCUT2D eigenvalue weighted by Crippen LogP contribution is -2.49. The molecular weight excluding hydrogens is 329 g/mol. The zero-order chi connectivity index (χ0) is 18.4. The van der Waals surface area contributed by atoms with E-state index in [2.05, 4.69) is 46.3 Å². The van der Waals surface area contributed by atoms with Crippen LogP contribution in [0, 0.1) is 12.7 Å². The summed E-state index contributed by atoms with van der Waals surface area (Å²) < 4.78 is 13.6. The van der Waals surface area contributed by atoms with Gasteiger partial charge < -0.3 is 5.32 Å². The number of nitrogens with one attached hydrogen (secondary N) is 1. The molecule has 1 amide bonds. The number of carbonyl (C=O) groups is 1. The minimum atomic E-state index is -0.280. The molecule has 0 saturated carbocycles. The molecule has 0 atom stereocenters. The molecule has 1 aliphatic rings. The van der Waals surface area contributed by atoms with Gasteiger partial charge in [0.1, 0.15) is 5.82 Å². The van der Waals surface area contributed by atoms with Gasteiger partial charge in [0.05, 0.1) is 6.54 Å². The van der Waals surface area contributed by atoms with Crippen LogP contribution in [0.3, 0.4) is 0 Å². The number of aryl methyl sites for hydroxylation is 1. The van der Waals surface area contributed by atoms with Gasteiger partial charge in [-0.3, -0.25) is 14.6 Å². The van der Waals surface area contributed by atoms with Crippen LogP contribution in [0.5, 0.6) is 0 Å². The fourth-order valence-electron chi connectivity index (χ4n) is 3.27. The molecule has 1 saturated heterocycles. The van der Waals surface area contributed by atoms with Crippen LogP contribution in [-0.2, 0) is 17.9 Å². The first-order valence-electron chi connectivity index (χ1n) is 9.10. The van der Waals surface area contributed by atoms with Gasteiger partial charge in [0, 0.05) is 44.8 Å². The fourth-order valence-corrected chi connectivity index (χ4v) is 3.27. The Bertz CT molecular complexity index is 742. The number of halogens is 1. The molecule has 2 aromatic carbocycles. The Morgan fingerprint density at radius 1 is 1.04 bits per heavy atom. The second-order valence-electron chi connectivity index (χ2n) is 6.91. The van der Waals surface area contributed by atoms with E-state index in [1.54, 1.807) is 18.2 Å². The number of amides is 1. The predicted octanol–water partition coefficient (Wildman–Crippen LogP) is 2.57. The molecule has 2 aromatic rings. The van der Waals surface area contributed by atoms with E-state index < -0.39 is 0 Å². The molecule has 138 valence electrons. The quantitative estimate of drug-likeness (QED) is 0.865. The molecule has 3 rings (SSSR count). The monoisotopic (exact) mass is 355 g/mol. The predicted molar refractivity (Wildman–Crippen MR) is 101 cm³/mol. The first-order chi connectivity index (χ1) is 12.6. The Hall–Kier alpha value is -2.24. The zero-order valence-electron chi connectivity index (χ0n) is 15.2. The number of benzene rings is 2. The third-order valence-electron chi connectivity index (χ3n) is 4.75. The number of hydrogen-bond acceptors (Lipinski definition) is 3. The number of nitrogens with zero attached hydrogens (tertiary/aromatic N) is 2. The average Bonchev–Trinajstić information content (AvgIpc) is 2.63. The average molecular weight is 355 g/mol. The van der Waals surface area contributed by atoms with Crippen LogP contribution < -0.4 is 5.32 Å². The van der Waals surface area contributed by atoms with E-state index in [-0.39, 0.29) is 18.3 Å². The van der Waals surface area contributed by atoms with E-state index in [0.717, 1.165) is 32.7 Å². The lowest BCUT2D eigenvalue weighted by Gasteiger charge is -2.34. The fraction of sp³-hybridized carbons (Fsp3) is 0.381. The van der Waals surface area contributed by atoms with Crippen LogP contribution >= 0.6 is 0 Å². The largest absolute Gasteiger partial charge is 0.351 e. The molecule has 0 spiro atoms. The van der Waals surface area contributed by atoms with Crippen molar-refractivity contribution < 1.29 is 9.18 Å². The smallest absolute Gasteiger partial charge is 0.234 e. The summed E-state index contributed by atoms with van der Waals surface area (Å²) in [7, 11) is 0. The number of piperazine rings is 1. The summed E-state index contributed by atoms with van der Waals surface area (Å²) in [5.41, 5.74) is 3.14. The highest BCUT2D eigenvalue weighted by molar-refractivity contribution is 5.78. The van der Waals surface area contributed by atoms with Crippen molar-refractivity contribution in [3.63, 3.8) is 0 Å². The maximum atomic E-state index is 13.6. The van der Waals surface area contributed by atoms with Crippen LogP contribution in [0.15, 0.2) is 48.5 Å². The lowest BCUT2D eigenvalue weighted by atomic mass is 10.1. The molecule has 5 heteroatoms. The topological polar surface area (TPSA) is 35.6 Å². The van der Waals surface area contributed by atoms with Crippen molar-refractivity contribution >= 4 is 5.91 Å². The Labute approximate surface area is 154 Å². The molecule has 1 heterocycles. The Kier molecular flexibility index (Phi) is 6.36. The first-order valence-corrected chi connectivity index (χ1v) is 9.10. The number of hydrogen-bond donors (Lipinski definition) is 1. The van der Waals surface area contributed by atoms with E-state index in [9.17, 15) is 9.18 Å². The van der Waals surface area contributed by atoms with Crippen molar-refractivity contribution in [2.45, 2.75) is 20.0 Å². The van der Waals surface area contributed by atoms with Gasteiger partial charge in [-0.2, -0.15) is 0 Å². The van der Waals surface area contributed by atoms with Gasteiger partial charge in [0.15, 0.2) is 0 Å². The van der Waals surface area contributed by atoms with E-state index >= 15 is 0 Å². The van der Waals surface area contributed by atoms with Gasteiger partial charge in [0.25, 0.3) is 0 Å². The molecule has 4 nitrogen and oxygen atoms in total. The van der Waals surface area contributed by atoms with E-state index in [1.807, 2.05) is 0 Å². The Morgan fingerprint density at radius 3 is 2.50 bits per heavy atom. The Balaban J connectivity index is 1.39. The number of rotatable bonds is 6. The van der Waals surface area contributed by atoms with E-state index in [1.165, 1.54) is 17.2 Å². The van der Waals surface area contributed by atoms with Crippen molar-refractivity contribution in [3.8, 4) is 0 Å². The molecule has 0 bridgehead atoms. The molecular formula is C21H26FN3O. The van der Waals surface area contributed by atoms with E-state index in [4.69, 9.17) is 0 Å². The molecule has 26 heavy (non-hydrogen) atoms. The second kappa shape index (κ2) is 8.92. The molecule has 0 radical (unpaired) electrons. The normalized spacial score (nSPS) is 15.8. The highest BCUT2D eigenvalue weighted by atomic mass is 19.1. The van der Waals surface area contributed by atoms with Gasteiger partial charge in [-0.05, 0) is 18.6 Å². The SMILES string of the molecule is Cc1cccc(CN2CCN(CC(=O)NCc3ccccc3F)CC2)c1. The van der Waals surface area contributed by atoms with Crippen LogP contribution in [0.25, 0.3) is 0 Å². The van der Waals surface area contributed by atoms with Crippen LogP contribution in [-0.4, -0.2) is 48.4 Å². The van der Waals surface area contributed by atoms with Gasteiger partial charge in [-0.1, -0.05) is 48.0 Å². The molecule has 0 aromatic heterocycles. The summed E-state index contributed by atoms with van der Waals surface area (Å²) in [6, 6.07) is 15.1. The number of carbonyl (C=O) groups excluding carboxylic acids is 1. The standard InChI is InChI=1S/C21H26FN3O/c1-17-5-4-6-18(13-17)15-24-9-11-25(12-10-24)16-21(26)23-14-19-7-2-3-8-20(19)22/h2-8,13H,9-12,14-16H2,1H3,(H,23,26). The molecule has 1 fully saturated rings. The highest BCUT2D eigenvalue weighted by Crippen LogP contribution is 2.10. The van der Waals surface area contributed by atoms with Gasteiger partial charge >= 0.3 is 0 Å². The third-order valence-corrected chi connectivity index (χ3v) is 4.75. The maximum absolute atomic E-state index is 13.6. The van der Waals surface area contributed by atoms with Crippen molar-refractivity contribution in [1.29, 1.82) is 0 Å². The second-order valence-corrected chi connectivity index (χ2v) is 6.91. The van der Waals surface area contributed by atoms with Gasteiger partial charge in [-0.15, -0.1) is 0 Å². The Morgan fingerprint density at radius 2 is 1.77 bits per heavy atom. The minimum Gasteiger partial charge on any atom is -0.351 e. The molecule has 1 N–H and O–H groups in total. The van der Waals surface area contributed by atoms with Crippen molar-refractivity contribution in [3.05, 3.63) is 71.0 Å². The summed E-state index contributed by atoms with van der Waals surface area (Å²) in [6.07, 6.45) is 0. The summed E-state index contributed by atoms with van der Waals surface area (Å²) in [5.74, 6) is -0.335. The van der Waals surface area contributed by atoms with Crippen molar-refractivity contribution in [2.75, 3.05) is 32.7 Å². The van der Waals surface area contributed by atoms with Crippen LogP contribution in [0.2, 0.25) is 0 Å². The highest BCUT2D eigenvalue weighted by Gasteiger charge is 2.19. The molecule has 0 unspecified atom stereocenters. The molecule has 0 aliphatic carbocycles.